The third kappa shape index (κ3) is 7.47. The maximum absolute atomic E-state index is 12.4. The van der Waals surface area contributed by atoms with Crippen LogP contribution < -0.4 is 15.5 Å². The Morgan fingerprint density at radius 3 is 2.54 bits per heavy atom. The lowest BCUT2D eigenvalue weighted by Crippen LogP contribution is -3.14. The van der Waals surface area contributed by atoms with E-state index in [4.69, 9.17) is 4.74 Å². The molecule has 1 aromatic heterocycles. The second-order valence-electron chi connectivity index (χ2n) is 6.84. The van der Waals surface area contributed by atoms with Crippen LogP contribution in [0.15, 0.2) is 17.5 Å². The maximum Gasteiger partial charge on any atom is 0.409 e. The summed E-state index contributed by atoms with van der Waals surface area (Å²) in [4.78, 5) is 39.9. The molecule has 0 aliphatic carbocycles. The Hall–Kier alpha value is -2.13. The second kappa shape index (κ2) is 11.7. The first-order chi connectivity index (χ1) is 13.5. The largest absolute Gasteiger partial charge is 0.450 e. The van der Waals surface area contributed by atoms with Crippen molar-refractivity contribution >= 4 is 29.2 Å². The Kier molecular flexibility index (Phi) is 9.22. The molecular weight excluding hydrogens is 380 g/mol. The molecule has 0 saturated carbocycles. The zero-order valence-electron chi connectivity index (χ0n) is 16.7. The normalized spacial score (nSPS) is 15.7. The Labute approximate surface area is 170 Å². The molecule has 0 aromatic carbocycles. The van der Waals surface area contributed by atoms with Gasteiger partial charge in [-0.05, 0) is 38.1 Å². The van der Waals surface area contributed by atoms with Crippen molar-refractivity contribution in [2.45, 2.75) is 39.3 Å². The average Bonchev–Trinajstić information content (AvgIpc) is 3.20. The quantitative estimate of drug-likeness (QED) is 0.534. The highest BCUT2D eigenvalue weighted by molar-refractivity contribution is 7.09. The lowest BCUT2D eigenvalue weighted by atomic mass is 10.1. The van der Waals surface area contributed by atoms with E-state index in [9.17, 15) is 14.4 Å². The molecule has 0 bridgehead atoms. The minimum atomic E-state index is -0.289. The smallest absolute Gasteiger partial charge is 0.409 e. The van der Waals surface area contributed by atoms with Gasteiger partial charge in [-0.1, -0.05) is 6.07 Å². The molecule has 8 nitrogen and oxygen atoms in total. The van der Waals surface area contributed by atoms with Gasteiger partial charge in [-0.3, -0.25) is 9.59 Å². The van der Waals surface area contributed by atoms with E-state index in [1.807, 2.05) is 24.4 Å². The number of amides is 3. The van der Waals surface area contributed by atoms with Gasteiger partial charge in [0.2, 0.25) is 0 Å². The van der Waals surface area contributed by atoms with Crippen molar-refractivity contribution in [2.75, 3.05) is 39.3 Å². The standard InChI is InChI=1S/C19H30N4O4S/c1-3-22(13-17(24)20-12-16-6-5-11-28-16)14-18(25)21-15-7-9-23(10-8-15)19(26)27-4-2/h5-6,11,15H,3-4,7-10,12-14H2,1-2H3,(H,20,24)(H,21,25)/p+1. The van der Waals surface area contributed by atoms with Crippen LogP contribution in [-0.4, -0.2) is 68.2 Å². The van der Waals surface area contributed by atoms with Gasteiger partial charge in [0.05, 0.1) is 19.7 Å². The molecule has 1 saturated heterocycles. The summed E-state index contributed by atoms with van der Waals surface area (Å²) in [6.07, 6.45) is 1.14. The van der Waals surface area contributed by atoms with Crippen LogP contribution in [0.3, 0.4) is 0 Å². The minimum Gasteiger partial charge on any atom is -0.450 e. The Bertz CT molecular complexity index is 630. The second-order valence-corrected chi connectivity index (χ2v) is 7.87. The predicted molar refractivity (Wildman–Crippen MR) is 107 cm³/mol. The number of carbonyl (C=O) groups is 3. The third-order valence-electron chi connectivity index (χ3n) is 4.75. The maximum atomic E-state index is 12.4. The minimum absolute atomic E-state index is 0.0548. The van der Waals surface area contributed by atoms with E-state index in [0.717, 1.165) is 9.78 Å². The van der Waals surface area contributed by atoms with Crippen molar-refractivity contribution < 1.29 is 24.0 Å². The number of rotatable bonds is 9. The summed E-state index contributed by atoms with van der Waals surface area (Å²) < 4.78 is 5.00. The Morgan fingerprint density at radius 1 is 1.21 bits per heavy atom. The SMILES string of the molecule is CCOC(=O)N1CCC(NC(=O)C[NH+](CC)CC(=O)NCc2cccs2)CC1. The number of likely N-dealkylation sites (tertiary alicyclic amines) is 1. The molecule has 0 spiro atoms. The predicted octanol–water partition coefficient (Wildman–Crippen LogP) is 0.00620. The lowest BCUT2D eigenvalue weighted by Gasteiger charge is -2.31. The molecule has 1 fully saturated rings. The molecule has 2 rings (SSSR count). The number of hydrogen-bond acceptors (Lipinski definition) is 5. The van der Waals surface area contributed by atoms with Crippen molar-refractivity contribution in [3.8, 4) is 0 Å². The summed E-state index contributed by atoms with van der Waals surface area (Å²) >= 11 is 1.61. The van der Waals surface area contributed by atoms with Gasteiger partial charge in [-0.2, -0.15) is 0 Å². The molecule has 3 N–H and O–H groups in total. The zero-order chi connectivity index (χ0) is 20.4. The highest BCUT2D eigenvalue weighted by Crippen LogP contribution is 2.11. The highest BCUT2D eigenvalue weighted by Gasteiger charge is 2.25. The topological polar surface area (TPSA) is 92.2 Å². The number of likely N-dealkylation sites (N-methyl/N-ethyl adjacent to an activating group) is 1. The first kappa shape index (κ1) is 22.2. The first-order valence-corrected chi connectivity index (χ1v) is 10.7. The number of nitrogens with one attached hydrogen (secondary N) is 3. The monoisotopic (exact) mass is 411 g/mol. The Balaban J connectivity index is 1.67. The van der Waals surface area contributed by atoms with E-state index < -0.39 is 0 Å². The van der Waals surface area contributed by atoms with E-state index in [1.165, 1.54) is 0 Å². The van der Waals surface area contributed by atoms with E-state index >= 15 is 0 Å². The van der Waals surface area contributed by atoms with Crippen molar-refractivity contribution in [1.82, 2.24) is 15.5 Å². The summed E-state index contributed by atoms with van der Waals surface area (Å²) in [6.45, 7) is 7.05. The van der Waals surface area contributed by atoms with E-state index in [-0.39, 0.29) is 37.0 Å². The van der Waals surface area contributed by atoms with Crippen molar-refractivity contribution in [3.05, 3.63) is 22.4 Å². The summed E-state index contributed by atoms with van der Waals surface area (Å²) in [7, 11) is 0. The molecule has 1 aliphatic rings. The lowest BCUT2D eigenvalue weighted by molar-refractivity contribution is -0.881. The fourth-order valence-corrected chi connectivity index (χ4v) is 3.77. The van der Waals surface area contributed by atoms with Gasteiger partial charge in [-0.15, -0.1) is 11.3 Å². The molecule has 3 amide bonds. The fraction of sp³-hybridized carbons (Fsp3) is 0.632. The summed E-state index contributed by atoms with van der Waals surface area (Å²) in [6, 6.07) is 4.00. The molecule has 2 heterocycles. The molecule has 1 atom stereocenters. The van der Waals surface area contributed by atoms with E-state index in [0.29, 0.717) is 45.6 Å². The van der Waals surface area contributed by atoms with Gasteiger partial charge in [-0.25, -0.2) is 4.79 Å². The number of nitrogens with zero attached hydrogens (tertiary/aromatic N) is 1. The number of carbonyl (C=O) groups excluding carboxylic acids is 3. The molecular formula is C19H31N4O4S+. The van der Waals surface area contributed by atoms with Crippen LogP contribution in [0.1, 0.15) is 31.6 Å². The summed E-state index contributed by atoms with van der Waals surface area (Å²) in [5.41, 5.74) is 0. The summed E-state index contributed by atoms with van der Waals surface area (Å²) in [5, 5.41) is 7.91. The van der Waals surface area contributed by atoms with E-state index in [1.54, 1.807) is 23.2 Å². The molecule has 156 valence electrons. The molecule has 1 unspecified atom stereocenters. The molecule has 1 aliphatic heterocycles. The fourth-order valence-electron chi connectivity index (χ4n) is 3.13. The van der Waals surface area contributed by atoms with Gasteiger partial charge in [0.1, 0.15) is 0 Å². The summed E-state index contributed by atoms with van der Waals surface area (Å²) in [5.74, 6) is -0.113. The van der Waals surface area contributed by atoms with Crippen molar-refractivity contribution in [1.29, 1.82) is 0 Å². The van der Waals surface area contributed by atoms with Crippen LogP contribution in [0.5, 0.6) is 0 Å². The first-order valence-electron chi connectivity index (χ1n) is 9.85. The van der Waals surface area contributed by atoms with Gasteiger partial charge in [0.15, 0.2) is 13.1 Å². The number of ether oxygens (including phenoxy) is 1. The van der Waals surface area contributed by atoms with E-state index in [2.05, 4.69) is 10.6 Å². The van der Waals surface area contributed by atoms with Crippen LogP contribution >= 0.6 is 11.3 Å². The molecule has 9 heteroatoms. The van der Waals surface area contributed by atoms with Gasteiger partial charge < -0.3 is 25.2 Å². The number of quaternary nitrogens is 1. The van der Waals surface area contributed by atoms with Crippen LogP contribution in [-0.2, 0) is 20.9 Å². The van der Waals surface area contributed by atoms with Gasteiger partial charge >= 0.3 is 6.09 Å². The zero-order valence-corrected chi connectivity index (χ0v) is 17.5. The molecule has 0 radical (unpaired) electrons. The van der Waals surface area contributed by atoms with Crippen molar-refractivity contribution in [3.63, 3.8) is 0 Å². The third-order valence-corrected chi connectivity index (χ3v) is 5.62. The number of thiophene rings is 1. The number of piperidine rings is 1. The molecule has 28 heavy (non-hydrogen) atoms. The molecule has 1 aromatic rings. The van der Waals surface area contributed by atoms with Crippen molar-refractivity contribution in [2.24, 2.45) is 0 Å². The van der Waals surface area contributed by atoms with Crippen LogP contribution in [0.2, 0.25) is 0 Å². The highest BCUT2D eigenvalue weighted by atomic mass is 32.1. The van der Waals surface area contributed by atoms with Crippen LogP contribution in [0.4, 0.5) is 4.79 Å². The Morgan fingerprint density at radius 2 is 1.93 bits per heavy atom. The average molecular weight is 412 g/mol. The van der Waals surface area contributed by atoms with Crippen LogP contribution in [0.25, 0.3) is 0 Å². The van der Waals surface area contributed by atoms with Gasteiger partial charge in [0, 0.05) is 24.0 Å². The van der Waals surface area contributed by atoms with Gasteiger partial charge in [0.25, 0.3) is 11.8 Å². The number of hydrogen-bond donors (Lipinski definition) is 3. The van der Waals surface area contributed by atoms with Crippen LogP contribution in [0, 0.1) is 0 Å².